The van der Waals surface area contributed by atoms with E-state index in [0.29, 0.717) is 13.2 Å². The number of carbonyl (C=O) groups excluding carboxylic acids is 1. The fourth-order valence-corrected chi connectivity index (χ4v) is 2.83. The molecule has 1 amide bonds. The molecule has 2 fully saturated rings. The van der Waals surface area contributed by atoms with Gasteiger partial charge in [0.15, 0.2) is 0 Å². The van der Waals surface area contributed by atoms with E-state index in [9.17, 15) is 4.79 Å². The zero-order valence-electron chi connectivity index (χ0n) is 11.8. The van der Waals surface area contributed by atoms with Crippen LogP contribution in [-0.2, 0) is 9.53 Å². The third-order valence-corrected chi connectivity index (χ3v) is 3.97. The van der Waals surface area contributed by atoms with Crippen molar-refractivity contribution in [2.45, 2.75) is 13.3 Å². The van der Waals surface area contributed by atoms with Gasteiger partial charge < -0.3 is 14.5 Å². The molecule has 0 N–H and O–H groups in total. The zero-order chi connectivity index (χ0) is 13.9. The molecule has 0 aromatic carbocycles. The SMILES string of the molecule is Cc1cc(N2CCC(C(=O)N3CCOCC3)C2)ncn1. The number of nitrogens with zero attached hydrogens (tertiary/aromatic N) is 4. The Hall–Kier alpha value is -1.69. The lowest BCUT2D eigenvalue weighted by Crippen LogP contribution is -2.44. The molecule has 6 heteroatoms. The lowest BCUT2D eigenvalue weighted by Gasteiger charge is -2.29. The lowest BCUT2D eigenvalue weighted by atomic mass is 10.1. The molecule has 20 heavy (non-hydrogen) atoms. The Morgan fingerprint density at radius 1 is 1.30 bits per heavy atom. The normalized spacial score (nSPS) is 23.1. The van der Waals surface area contributed by atoms with E-state index in [2.05, 4.69) is 14.9 Å². The van der Waals surface area contributed by atoms with Crippen molar-refractivity contribution in [1.82, 2.24) is 14.9 Å². The summed E-state index contributed by atoms with van der Waals surface area (Å²) >= 11 is 0. The van der Waals surface area contributed by atoms with Crippen molar-refractivity contribution < 1.29 is 9.53 Å². The first-order valence-electron chi connectivity index (χ1n) is 7.14. The minimum absolute atomic E-state index is 0.0865. The second-order valence-corrected chi connectivity index (χ2v) is 5.39. The van der Waals surface area contributed by atoms with Gasteiger partial charge in [0.25, 0.3) is 0 Å². The largest absolute Gasteiger partial charge is 0.378 e. The Bertz CT molecular complexity index is 488. The van der Waals surface area contributed by atoms with Crippen molar-refractivity contribution in [3.63, 3.8) is 0 Å². The molecule has 1 aromatic heterocycles. The van der Waals surface area contributed by atoms with Crippen LogP contribution in [-0.4, -0.2) is 60.2 Å². The number of anilines is 1. The predicted molar refractivity (Wildman–Crippen MR) is 74.5 cm³/mol. The maximum atomic E-state index is 12.5. The maximum absolute atomic E-state index is 12.5. The summed E-state index contributed by atoms with van der Waals surface area (Å²) in [6, 6.07) is 1.97. The third-order valence-electron chi connectivity index (χ3n) is 3.97. The minimum atomic E-state index is 0.0865. The number of ether oxygens (including phenoxy) is 1. The first-order valence-corrected chi connectivity index (χ1v) is 7.14. The molecule has 2 aliphatic heterocycles. The highest BCUT2D eigenvalue weighted by Crippen LogP contribution is 2.24. The molecule has 1 unspecified atom stereocenters. The van der Waals surface area contributed by atoms with Crippen LogP contribution >= 0.6 is 0 Å². The van der Waals surface area contributed by atoms with Gasteiger partial charge in [0.2, 0.25) is 5.91 Å². The predicted octanol–water partition coefficient (Wildman–Crippen LogP) is 0.470. The maximum Gasteiger partial charge on any atom is 0.227 e. The first kappa shape index (κ1) is 13.3. The van der Waals surface area contributed by atoms with Gasteiger partial charge in [-0.3, -0.25) is 4.79 Å². The summed E-state index contributed by atoms with van der Waals surface area (Å²) in [6.07, 6.45) is 2.49. The van der Waals surface area contributed by atoms with Crippen LogP contribution < -0.4 is 4.90 Å². The molecule has 1 atom stereocenters. The van der Waals surface area contributed by atoms with Gasteiger partial charge in [-0.15, -0.1) is 0 Å². The molecule has 2 saturated heterocycles. The molecular formula is C14H20N4O2. The molecule has 0 aliphatic carbocycles. The number of hydrogen-bond acceptors (Lipinski definition) is 5. The van der Waals surface area contributed by atoms with E-state index in [4.69, 9.17) is 4.74 Å². The van der Waals surface area contributed by atoms with Crippen molar-refractivity contribution >= 4 is 11.7 Å². The molecule has 3 rings (SSSR count). The van der Waals surface area contributed by atoms with Crippen LogP contribution in [0.1, 0.15) is 12.1 Å². The Balaban J connectivity index is 1.63. The van der Waals surface area contributed by atoms with E-state index in [0.717, 1.165) is 44.1 Å². The number of aromatic nitrogens is 2. The lowest BCUT2D eigenvalue weighted by molar-refractivity contribution is -0.138. The molecule has 1 aromatic rings. The van der Waals surface area contributed by atoms with E-state index in [1.54, 1.807) is 6.33 Å². The number of carbonyl (C=O) groups is 1. The van der Waals surface area contributed by atoms with Gasteiger partial charge in [0.05, 0.1) is 19.1 Å². The van der Waals surface area contributed by atoms with Crippen LogP contribution in [0.5, 0.6) is 0 Å². The highest BCUT2D eigenvalue weighted by atomic mass is 16.5. The zero-order valence-corrected chi connectivity index (χ0v) is 11.8. The van der Waals surface area contributed by atoms with E-state index in [1.807, 2.05) is 17.9 Å². The van der Waals surface area contributed by atoms with Crippen molar-refractivity contribution in [2.24, 2.45) is 5.92 Å². The van der Waals surface area contributed by atoms with Gasteiger partial charge in [0.1, 0.15) is 12.1 Å². The Morgan fingerprint density at radius 3 is 2.85 bits per heavy atom. The second kappa shape index (κ2) is 5.75. The Labute approximate surface area is 118 Å². The highest BCUT2D eigenvalue weighted by Gasteiger charge is 2.32. The van der Waals surface area contributed by atoms with Gasteiger partial charge in [-0.1, -0.05) is 0 Å². The molecule has 3 heterocycles. The second-order valence-electron chi connectivity index (χ2n) is 5.39. The van der Waals surface area contributed by atoms with E-state index in [1.165, 1.54) is 0 Å². The van der Waals surface area contributed by atoms with Crippen molar-refractivity contribution in [3.05, 3.63) is 18.1 Å². The van der Waals surface area contributed by atoms with Gasteiger partial charge in [-0.05, 0) is 13.3 Å². The van der Waals surface area contributed by atoms with Gasteiger partial charge in [-0.25, -0.2) is 9.97 Å². The van der Waals surface area contributed by atoms with Crippen LogP contribution in [0.15, 0.2) is 12.4 Å². The number of amides is 1. The molecule has 0 saturated carbocycles. The summed E-state index contributed by atoms with van der Waals surface area (Å²) in [6.45, 7) is 6.37. The number of rotatable bonds is 2. The third kappa shape index (κ3) is 2.75. The molecule has 0 spiro atoms. The molecule has 0 radical (unpaired) electrons. The molecular weight excluding hydrogens is 256 g/mol. The fourth-order valence-electron chi connectivity index (χ4n) is 2.83. The van der Waals surface area contributed by atoms with Gasteiger partial charge in [0, 0.05) is 37.9 Å². The topological polar surface area (TPSA) is 58.6 Å². The molecule has 108 valence electrons. The van der Waals surface area contributed by atoms with Crippen LogP contribution in [0.25, 0.3) is 0 Å². The number of aryl methyl sites for hydroxylation is 1. The van der Waals surface area contributed by atoms with Gasteiger partial charge >= 0.3 is 0 Å². The summed E-state index contributed by atoms with van der Waals surface area (Å²) in [5, 5.41) is 0. The van der Waals surface area contributed by atoms with Crippen molar-refractivity contribution in [1.29, 1.82) is 0 Å². The summed E-state index contributed by atoms with van der Waals surface area (Å²) in [4.78, 5) is 25.0. The van der Waals surface area contributed by atoms with Crippen LogP contribution in [0.2, 0.25) is 0 Å². The summed E-state index contributed by atoms with van der Waals surface area (Å²) in [5.41, 5.74) is 0.956. The smallest absolute Gasteiger partial charge is 0.227 e. The van der Waals surface area contributed by atoms with Crippen LogP contribution in [0, 0.1) is 12.8 Å². The van der Waals surface area contributed by atoms with Crippen molar-refractivity contribution in [3.8, 4) is 0 Å². The highest BCUT2D eigenvalue weighted by molar-refractivity contribution is 5.80. The van der Waals surface area contributed by atoms with Gasteiger partial charge in [-0.2, -0.15) is 0 Å². The van der Waals surface area contributed by atoms with E-state index < -0.39 is 0 Å². The monoisotopic (exact) mass is 276 g/mol. The minimum Gasteiger partial charge on any atom is -0.378 e. The summed E-state index contributed by atoms with van der Waals surface area (Å²) < 4.78 is 5.29. The fraction of sp³-hybridized carbons (Fsp3) is 0.643. The van der Waals surface area contributed by atoms with Crippen molar-refractivity contribution in [2.75, 3.05) is 44.3 Å². The Morgan fingerprint density at radius 2 is 2.10 bits per heavy atom. The van der Waals surface area contributed by atoms with Crippen LogP contribution in [0.4, 0.5) is 5.82 Å². The summed E-state index contributed by atoms with van der Waals surface area (Å²) in [7, 11) is 0. The quantitative estimate of drug-likeness (QED) is 0.786. The average Bonchev–Trinajstić information content (AvgIpc) is 2.97. The average molecular weight is 276 g/mol. The Kier molecular flexibility index (Phi) is 3.82. The van der Waals surface area contributed by atoms with E-state index >= 15 is 0 Å². The standard InChI is InChI=1S/C14H20N4O2/c1-11-8-13(16-10-15-11)18-3-2-12(9-18)14(19)17-4-6-20-7-5-17/h8,10,12H,2-7,9H2,1H3. The summed E-state index contributed by atoms with van der Waals surface area (Å²) in [5.74, 6) is 1.28. The molecule has 2 aliphatic rings. The molecule has 0 bridgehead atoms. The number of hydrogen-bond donors (Lipinski definition) is 0. The van der Waals surface area contributed by atoms with Crippen LogP contribution in [0.3, 0.4) is 0 Å². The van der Waals surface area contributed by atoms with E-state index in [-0.39, 0.29) is 11.8 Å². The molecule has 6 nitrogen and oxygen atoms in total. The number of morpholine rings is 1. The first-order chi connectivity index (χ1) is 9.74.